The Morgan fingerprint density at radius 3 is 3.21 bits per heavy atom. The lowest BCUT2D eigenvalue weighted by atomic mass is 10.1. The molecule has 1 amide bonds. The van der Waals surface area contributed by atoms with Gasteiger partial charge in [-0.25, -0.2) is 10.8 Å². The first-order valence-electron chi connectivity index (χ1n) is 6.59. The minimum Gasteiger partial charge on any atom is -0.377 e. The highest BCUT2D eigenvalue weighted by Crippen LogP contribution is 2.16. The fraction of sp³-hybridized carbons (Fsp3) is 0.538. The van der Waals surface area contributed by atoms with Crippen LogP contribution in [0.5, 0.6) is 0 Å². The molecule has 2 heterocycles. The zero-order chi connectivity index (χ0) is 13.7. The Kier molecular flexibility index (Phi) is 4.70. The second-order valence-electron chi connectivity index (χ2n) is 4.52. The SMILES string of the molecule is CCOC1CCCN(C(=O)c2cccc(NN)n2)C1. The Hall–Kier alpha value is -1.66. The minimum atomic E-state index is -0.0681. The first-order valence-corrected chi connectivity index (χ1v) is 6.59. The van der Waals surface area contributed by atoms with Gasteiger partial charge in [-0.15, -0.1) is 0 Å². The highest BCUT2D eigenvalue weighted by molar-refractivity contribution is 5.92. The summed E-state index contributed by atoms with van der Waals surface area (Å²) in [4.78, 5) is 18.3. The van der Waals surface area contributed by atoms with Crippen molar-refractivity contribution in [2.45, 2.75) is 25.9 Å². The van der Waals surface area contributed by atoms with Gasteiger partial charge in [-0.3, -0.25) is 4.79 Å². The number of anilines is 1. The van der Waals surface area contributed by atoms with Gasteiger partial charge in [0, 0.05) is 19.7 Å². The van der Waals surface area contributed by atoms with E-state index in [1.807, 2.05) is 6.92 Å². The number of ether oxygens (including phenoxy) is 1. The fourth-order valence-corrected chi connectivity index (χ4v) is 2.29. The minimum absolute atomic E-state index is 0.0681. The van der Waals surface area contributed by atoms with Crippen molar-refractivity contribution in [3.63, 3.8) is 0 Å². The van der Waals surface area contributed by atoms with Gasteiger partial charge in [-0.1, -0.05) is 6.07 Å². The quantitative estimate of drug-likeness (QED) is 0.626. The molecule has 1 unspecified atom stereocenters. The van der Waals surface area contributed by atoms with E-state index in [0.29, 0.717) is 24.7 Å². The monoisotopic (exact) mass is 264 g/mol. The number of amides is 1. The molecule has 104 valence electrons. The van der Waals surface area contributed by atoms with Gasteiger partial charge in [-0.05, 0) is 31.9 Å². The number of rotatable bonds is 4. The van der Waals surface area contributed by atoms with E-state index < -0.39 is 0 Å². The number of carbonyl (C=O) groups excluding carboxylic acids is 1. The molecule has 0 radical (unpaired) electrons. The molecule has 0 aliphatic carbocycles. The summed E-state index contributed by atoms with van der Waals surface area (Å²) < 4.78 is 5.60. The van der Waals surface area contributed by atoms with E-state index in [2.05, 4.69) is 10.4 Å². The second kappa shape index (κ2) is 6.49. The number of hydrogen-bond acceptors (Lipinski definition) is 5. The van der Waals surface area contributed by atoms with Gasteiger partial charge in [-0.2, -0.15) is 0 Å². The van der Waals surface area contributed by atoms with Crippen molar-refractivity contribution in [2.75, 3.05) is 25.1 Å². The Morgan fingerprint density at radius 2 is 2.47 bits per heavy atom. The van der Waals surface area contributed by atoms with Gasteiger partial charge >= 0.3 is 0 Å². The van der Waals surface area contributed by atoms with Gasteiger partial charge in [0.15, 0.2) is 0 Å². The van der Waals surface area contributed by atoms with E-state index in [0.717, 1.165) is 19.4 Å². The number of hydrogen-bond donors (Lipinski definition) is 2. The summed E-state index contributed by atoms with van der Waals surface area (Å²) in [5, 5.41) is 0. The topological polar surface area (TPSA) is 80.5 Å². The second-order valence-corrected chi connectivity index (χ2v) is 4.52. The molecule has 3 N–H and O–H groups in total. The van der Waals surface area contributed by atoms with Crippen LogP contribution in [0.1, 0.15) is 30.3 Å². The van der Waals surface area contributed by atoms with Crippen molar-refractivity contribution in [3.05, 3.63) is 23.9 Å². The highest BCUT2D eigenvalue weighted by Gasteiger charge is 2.25. The molecule has 1 aliphatic rings. The number of nitrogens with one attached hydrogen (secondary N) is 1. The van der Waals surface area contributed by atoms with Gasteiger partial charge in [0.2, 0.25) is 0 Å². The molecule has 1 aromatic heterocycles. The molecule has 1 aromatic rings. The van der Waals surface area contributed by atoms with Crippen LogP contribution in [0.15, 0.2) is 18.2 Å². The number of likely N-dealkylation sites (tertiary alicyclic amines) is 1. The third kappa shape index (κ3) is 3.42. The maximum absolute atomic E-state index is 12.4. The molecule has 6 heteroatoms. The number of pyridine rings is 1. The zero-order valence-electron chi connectivity index (χ0n) is 11.1. The number of nitrogens with zero attached hydrogens (tertiary/aromatic N) is 2. The third-order valence-electron chi connectivity index (χ3n) is 3.18. The Morgan fingerprint density at radius 1 is 1.63 bits per heavy atom. The van der Waals surface area contributed by atoms with Gasteiger partial charge in [0.05, 0.1) is 6.10 Å². The number of hydrazine groups is 1. The van der Waals surface area contributed by atoms with Crippen LogP contribution in [0.4, 0.5) is 5.82 Å². The van der Waals surface area contributed by atoms with Crippen molar-refractivity contribution >= 4 is 11.7 Å². The largest absolute Gasteiger partial charge is 0.377 e. The summed E-state index contributed by atoms with van der Waals surface area (Å²) in [5.74, 6) is 5.72. The lowest BCUT2D eigenvalue weighted by Crippen LogP contribution is -2.43. The van der Waals surface area contributed by atoms with Crippen LogP contribution in [0.2, 0.25) is 0 Å². The molecule has 0 aromatic carbocycles. The van der Waals surface area contributed by atoms with Crippen molar-refractivity contribution in [3.8, 4) is 0 Å². The molecule has 0 spiro atoms. The Bertz CT molecular complexity index is 436. The molecule has 6 nitrogen and oxygen atoms in total. The molecular weight excluding hydrogens is 244 g/mol. The summed E-state index contributed by atoms with van der Waals surface area (Å²) in [6.45, 7) is 4.04. The van der Waals surface area contributed by atoms with Crippen molar-refractivity contribution in [1.29, 1.82) is 0 Å². The maximum atomic E-state index is 12.4. The average molecular weight is 264 g/mol. The van der Waals surface area contributed by atoms with Gasteiger partial charge in [0.25, 0.3) is 5.91 Å². The van der Waals surface area contributed by atoms with Gasteiger partial charge in [0.1, 0.15) is 11.5 Å². The molecule has 1 fully saturated rings. The van der Waals surface area contributed by atoms with Crippen LogP contribution in [0, 0.1) is 0 Å². The van der Waals surface area contributed by atoms with Crippen LogP contribution in [0.3, 0.4) is 0 Å². The summed E-state index contributed by atoms with van der Waals surface area (Å²) in [6, 6.07) is 5.18. The average Bonchev–Trinajstić information content (AvgIpc) is 2.47. The number of carbonyl (C=O) groups is 1. The summed E-state index contributed by atoms with van der Waals surface area (Å²) in [5.41, 5.74) is 2.86. The number of nitrogens with two attached hydrogens (primary N) is 1. The highest BCUT2D eigenvalue weighted by atomic mass is 16.5. The van der Waals surface area contributed by atoms with E-state index in [1.165, 1.54) is 0 Å². The van der Waals surface area contributed by atoms with Crippen molar-refractivity contribution in [2.24, 2.45) is 5.84 Å². The standard InChI is InChI=1S/C13H20N4O2/c1-2-19-10-5-4-8-17(9-10)13(18)11-6-3-7-12(15-11)16-14/h3,6-7,10H,2,4-5,8-9,14H2,1H3,(H,15,16). The predicted molar refractivity (Wildman–Crippen MR) is 72.6 cm³/mol. The van der Waals surface area contributed by atoms with Crippen LogP contribution in [0.25, 0.3) is 0 Å². The van der Waals surface area contributed by atoms with Gasteiger partial charge < -0.3 is 15.1 Å². The molecule has 1 aliphatic heterocycles. The Balaban J connectivity index is 2.05. The number of aromatic nitrogens is 1. The Labute approximate surface area is 112 Å². The van der Waals surface area contributed by atoms with E-state index in [9.17, 15) is 4.79 Å². The molecule has 19 heavy (non-hydrogen) atoms. The number of nitrogen functional groups attached to an aromatic ring is 1. The predicted octanol–water partition coefficient (Wildman–Crippen LogP) is 1.01. The van der Waals surface area contributed by atoms with Crippen LogP contribution in [-0.2, 0) is 4.74 Å². The summed E-state index contributed by atoms with van der Waals surface area (Å²) >= 11 is 0. The summed E-state index contributed by atoms with van der Waals surface area (Å²) in [7, 11) is 0. The van der Waals surface area contributed by atoms with Crippen molar-refractivity contribution < 1.29 is 9.53 Å². The van der Waals surface area contributed by atoms with E-state index in [1.54, 1.807) is 23.1 Å². The third-order valence-corrected chi connectivity index (χ3v) is 3.18. The molecule has 1 atom stereocenters. The van der Waals surface area contributed by atoms with Crippen molar-refractivity contribution in [1.82, 2.24) is 9.88 Å². The van der Waals surface area contributed by atoms with Crippen LogP contribution < -0.4 is 11.3 Å². The zero-order valence-corrected chi connectivity index (χ0v) is 11.1. The first kappa shape index (κ1) is 13.8. The molecular formula is C13H20N4O2. The smallest absolute Gasteiger partial charge is 0.272 e. The molecule has 1 saturated heterocycles. The lowest BCUT2D eigenvalue weighted by Gasteiger charge is -2.32. The maximum Gasteiger partial charge on any atom is 0.272 e. The molecule has 2 rings (SSSR count). The summed E-state index contributed by atoms with van der Waals surface area (Å²) in [6.07, 6.45) is 2.11. The van der Waals surface area contributed by atoms with E-state index in [-0.39, 0.29) is 12.0 Å². The van der Waals surface area contributed by atoms with E-state index in [4.69, 9.17) is 10.6 Å². The lowest BCUT2D eigenvalue weighted by molar-refractivity contribution is 0.00704. The molecule has 0 bridgehead atoms. The fourth-order valence-electron chi connectivity index (χ4n) is 2.29. The van der Waals surface area contributed by atoms with Crippen LogP contribution in [-0.4, -0.2) is 41.6 Å². The van der Waals surface area contributed by atoms with E-state index >= 15 is 0 Å². The first-order chi connectivity index (χ1) is 9.24. The number of piperidine rings is 1. The van der Waals surface area contributed by atoms with Crippen LogP contribution >= 0.6 is 0 Å². The molecule has 0 saturated carbocycles. The normalized spacial score (nSPS) is 19.3.